The molecule has 0 unspecified atom stereocenters. The highest BCUT2D eigenvalue weighted by molar-refractivity contribution is 7.14. The smallest absolute Gasteiger partial charge is 0.275 e. The van der Waals surface area contributed by atoms with E-state index >= 15 is 0 Å². The third kappa shape index (κ3) is 4.44. The van der Waals surface area contributed by atoms with Gasteiger partial charge in [0.25, 0.3) is 5.91 Å². The summed E-state index contributed by atoms with van der Waals surface area (Å²) in [6.07, 6.45) is 0. The molecule has 0 spiro atoms. The van der Waals surface area contributed by atoms with Crippen LogP contribution in [0.2, 0.25) is 0 Å². The number of rotatable bonds is 6. The van der Waals surface area contributed by atoms with Crippen LogP contribution in [0.3, 0.4) is 0 Å². The van der Waals surface area contributed by atoms with Gasteiger partial charge >= 0.3 is 0 Å². The van der Waals surface area contributed by atoms with E-state index in [4.69, 9.17) is 5.84 Å². The van der Waals surface area contributed by atoms with Crippen molar-refractivity contribution in [2.24, 2.45) is 5.84 Å². The summed E-state index contributed by atoms with van der Waals surface area (Å²) in [5.41, 5.74) is 2.09. The van der Waals surface area contributed by atoms with Crippen molar-refractivity contribution in [3.05, 3.63) is 21.9 Å². The molecule has 6 nitrogen and oxygen atoms in total. The van der Waals surface area contributed by atoms with Crippen LogP contribution in [0.25, 0.3) is 0 Å². The lowest BCUT2D eigenvalue weighted by atomic mass is 10.4. The molecule has 1 rings (SSSR count). The summed E-state index contributed by atoms with van der Waals surface area (Å²) in [6, 6.07) is 3.59. The highest BCUT2D eigenvalue weighted by Crippen LogP contribution is 2.17. The Bertz CT molecular complexity index is 419. The zero-order valence-electron chi connectivity index (χ0n) is 10.5. The molecule has 1 heterocycles. The van der Waals surface area contributed by atoms with Crippen LogP contribution in [0.1, 0.15) is 21.5 Å². The summed E-state index contributed by atoms with van der Waals surface area (Å²) in [4.78, 5) is 26.1. The summed E-state index contributed by atoms with van der Waals surface area (Å²) < 4.78 is 0. The van der Waals surface area contributed by atoms with Crippen molar-refractivity contribution in [3.63, 3.8) is 0 Å². The van der Waals surface area contributed by atoms with Gasteiger partial charge in [-0.15, -0.1) is 11.3 Å². The Morgan fingerprint density at radius 2 is 2.17 bits per heavy atom. The molecular formula is C11H18N4O2S. The summed E-state index contributed by atoms with van der Waals surface area (Å²) in [6.45, 7) is 3.48. The molecule has 0 aliphatic rings. The fourth-order valence-electron chi connectivity index (χ4n) is 1.48. The quantitative estimate of drug-likeness (QED) is 0.383. The average Bonchev–Trinajstić information content (AvgIpc) is 2.76. The molecule has 0 radical (unpaired) electrons. The molecule has 4 N–H and O–H groups in total. The van der Waals surface area contributed by atoms with Crippen LogP contribution in [-0.2, 0) is 11.3 Å². The summed E-state index contributed by atoms with van der Waals surface area (Å²) in [5.74, 6) is 4.76. The van der Waals surface area contributed by atoms with Crippen LogP contribution in [0.5, 0.6) is 0 Å². The van der Waals surface area contributed by atoms with Crippen LogP contribution >= 0.6 is 11.3 Å². The van der Waals surface area contributed by atoms with Crippen molar-refractivity contribution in [1.29, 1.82) is 0 Å². The van der Waals surface area contributed by atoms with Crippen LogP contribution in [0.4, 0.5) is 0 Å². The van der Waals surface area contributed by atoms with Gasteiger partial charge in [-0.2, -0.15) is 0 Å². The molecule has 0 aliphatic heterocycles. The molecule has 1 aromatic rings. The Morgan fingerprint density at radius 3 is 2.78 bits per heavy atom. The zero-order chi connectivity index (χ0) is 13.5. The molecule has 0 saturated heterocycles. The van der Waals surface area contributed by atoms with Gasteiger partial charge in [0.1, 0.15) is 0 Å². The van der Waals surface area contributed by atoms with E-state index in [1.165, 1.54) is 11.3 Å². The Morgan fingerprint density at radius 1 is 1.44 bits per heavy atom. The molecule has 100 valence electrons. The highest BCUT2D eigenvalue weighted by Gasteiger charge is 2.10. The van der Waals surface area contributed by atoms with Crippen molar-refractivity contribution in [2.75, 3.05) is 20.1 Å². The van der Waals surface area contributed by atoms with Crippen LogP contribution in [0, 0.1) is 0 Å². The number of carbonyl (C=O) groups is 2. The summed E-state index contributed by atoms with van der Waals surface area (Å²) in [7, 11) is 1.86. The molecule has 2 amide bonds. The number of likely N-dealkylation sites (N-methyl/N-ethyl adjacent to an activating group) is 2. The van der Waals surface area contributed by atoms with E-state index in [2.05, 4.69) is 10.7 Å². The lowest BCUT2D eigenvalue weighted by Gasteiger charge is -2.14. The first kappa shape index (κ1) is 14.6. The van der Waals surface area contributed by atoms with Gasteiger partial charge in [0, 0.05) is 18.0 Å². The zero-order valence-corrected chi connectivity index (χ0v) is 11.3. The third-order valence-electron chi connectivity index (χ3n) is 2.23. The van der Waals surface area contributed by atoms with Gasteiger partial charge in [-0.3, -0.25) is 19.9 Å². The first-order valence-electron chi connectivity index (χ1n) is 5.61. The number of hydrogen-bond acceptors (Lipinski definition) is 5. The summed E-state index contributed by atoms with van der Waals surface area (Å²) >= 11 is 1.37. The van der Waals surface area contributed by atoms with Gasteiger partial charge in [0.05, 0.1) is 11.4 Å². The van der Waals surface area contributed by atoms with E-state index in [0.29, 0.717) is 24.5 Å². The van der Waals surface area contributed by atoms with E-state index in [9.17, 15) is 9.59 Å². The Balaban J connectivity index is 2.49. The number of nitrogens with zero attached hydrogens (tertiary/aromatic N) is 1. The molecule has 0 aliphatic carbocycles. The maximum Gasteiger partial charge on any atom is 0.275 e. The van der Waals surface area contributed by atoms with Crippen molar-refractivity contribution >= 4 is 23.2 Å². The maximum atomic E-state index is 11.4. The topological polar surface area (TPSA) is 87.5 Å². The number of hydrogen-bond donors (Lipinski definition) is 3. The number of carbonyl (C=O) groups excluding carboxylic acids is 2. The molecule has 0 atom stereocenters. The standard InChI is InChI=1S/C11H18N4O2S/c1-3-13-10(16)7-15(2)6-8-4-5-9(18-8)11(17)14-12/h4-5H,3,6-7,12H2,1-2H3,(H,13,16)(H,14,17). The Kier molecular flexibility index (Phi) is 5.76. The molecule has 1 aromatic heterocycles. The van der Waals surface area contributed by atoms with Crippen molar-refractivity contribution < 1.29 is 9.59 Å². The normalized spacial score (nSPS) is 10.4. The molecule has 0 aromatic carbocycles. The van der Waals surface area contributed by atoms with E-state index < -0.39 is 0 Å². The van der Waals surface area contributed by atoms with Gasteiger partial charge in [0.2, 0.25) is 5.91 Å². The first-order chi connectivity index (χ1) is 8.56. The van der Waals surface area contributed by atoms with Crippen LogP contribution in [-0.4, -0.2) is 36.9 Å². The number of thiophene rings is 1. The number of nitrogens with one attached hydrogen (secondary N) is 2. The molecule has 0 saturated carbocycles. The Hall–Kier alpha value is -1.44. The van der Waals surface area contributed by atoms with Gasteiger partial charge < -0.3 is 5.32 Å². The van der Waals surface area contributed by atoms with Gasteiger partial charge in [-0.1, -0.05) is 0 Å². The van der Waals surface area contributed by atoms with Crippen molar-refractivity contribution in [1.82, 2.24) is 15.6 Å². The predicted octanol–water partition coefficient (Wildman–Crippen LogP) is -0.0805. The number of amides is 2. The second-order valence-electron chi connectivity index (χ2n) is 3.87. The largest absolute Gasteiger partial charge is 0.355 e. The first-order valence-corrected chi connectivity index (χ1v) is 6.43. The lowest BCUT2D eigenvalue weighted by molar-refractivity contribution is -0.121. The van der Waals surface area contributed by atoms with Gasteiger partial charge in [-0.05, 0) is 26.1 Å². The van der Waals surface area contributed by atoms with E-state index in [-0.39, 0.29) is 11.8 Å². The molecular weight excluding hydrogens is 252 g/mol. The fourth-order valence-corrected chi connectivity index (χ4v) is 2.47. The minimum atomic E-state index is -0.294. The van der Waals surface area contributed by atoms with Crippen LogP contribution < -0.4 is 16.6 Å². The van der Waals surface area contributed by atoms with E-state index in [0.717, 1.165) is 4.88 Å². The van der Waals surface area contributed by atoms with Gasteiger partial charge in [-0.25, -0.2) is 5.84 Å². The SMILES string of the molecule is CCNC(=O)CN(C)Cc1ccc(C(=O)NN)s1. The summed E-state index contributed by atoms with van der Waals surface area (Å²) in [5, 5.41) is 2.74. The lowest BCUT2D eigenvalue weighted by Crippen LogP contribution is -2.34. The number of nitrogens with two attached hydrogens (primary N) is 1. The Labute approximate surface area is 110 Å². The van der Waals surface area contributed by atoms with Crippen molar-refractivity contribution in [2.45, 2.75) is 13.5 Å². The number of nitrogen functional groups attached to an aromatic ring is 1. The molecule has 7 heteroatoms. The molecule has 18 heavy (non-hydrogen) atoms. The average molecular weight is 270 g/mol. The minimum Gasteiger partial charge on any atom is -0.355 e. The van der Waals surface area contributed by atoms with E-state index in [1.807, 2.05) is 24.9 Å². The second-order valence-corrected chi connectivity index (χ2v) is 5.03. The number of hydrazine groups is 1. The van der Waals surface area contributed by atoms with E-state index in [1.54, 1.807) is 6.07 Å². The molecule has 0 bridgehead atoms. The predicted molar refractivity (Wildman–Crippen MR) is 71.0 cm³/mol. The maximum absolute atomic E-state index is 11.4. The van der Waals surface area contributed by atoms with Crippen molar-refractivity contribution in [3.8, 4) is 0 Å². The fraction of sp³-hybridized carbons (Fsp3) is 0.455. The minimum absolute atomic E-state index is 0.00326. The van der Waals surface area contributed by atoms with Gasteiger partial charge in [0.15, 0.2) is 0 Å². The monoisotopic (exact) mass is 270 g/mol. The third-order valence-corrected chi connectivity index (χ3v) is 3.30. The molecule has 0 fully saturated rings. The second kappa shape index (κ2) is 7.10. The highest BCUT2D eigenvalue weighted by atomic mass is 32.1. The van der Waals surface area contributed by atoms with Crippen LogP contribution in [0.15, 0.2) is 12.1 Å².